The Morgan fingerprint density at radius 2 is 1.88 bits per heavy atom. The maximum atomic E-state index is 13.6. The van der Waals surface area contributed by atoms with Gasteiger partial charge < -0.3 is 4.90 Å². The highest BCUT2D eigenvalue weighted by molar-refractivity contribution is 7.13. The Balaban J connectivity index is 1.40. The molecule has 158 valence electrons. The predicted molar refractivity (Wildman–Crippen MR) is 121 cm³/mol. The summed E-state index contributed by atoms with van der Waals surface area (Å²) in [6.07, 6.45) is 3.66. The van der Waals surface area contributed by atoms with Crippen molar-refractivity contribution < 1.29 is 4.79 Å². The van der Waals surface area contributed by atoms with Crippen LogP contribution in [-0.2, 0) is 0 Å². The summed E-state index contributed by atoms with van der Waals surface area (Å²) in [6, 6.07) is 19.4. The SMILES string of the molecule is O=C(c1nc(-c2cccs2)n(-c2ccccc2)n1)N1CCC[C@H]1c1nnc2ccccn12. The van der Waals surface area contributed by atoms with Gasteiger partial charge in [-0.3, -0.25) is 9.20 Å². The molecular weight excluding hydrogens is 422 g/mol. The van der Waals surface area contributed by atoms with Gasteiger partial charge in [0.15, 0.2) is 17.3 Å². The van der Waals surface area contributed by atoms with Crippen LogP contribution in [0.2, 0.25) is 0 Å². The molecule has 4 aromatic heterocycles. The van der Waals surface area contributed by atoms with Crippen LogP contribution in [0.15, 0.2) is 72.2 Å². The van der Waals surface area contributed by atoms with E-state index in [1.54, 1.807) is 16.0 Å². The minimum absolute atomic E-state index is 0.159. The molecule has 8 nitrogen and oxygen atoms in total. The highest BCUT2D eigenvalue weighted by atomic mass is 32.1. The Labute approximate surface area is 187 Å². The number of pyridine rings is 1. The summed E-state index contributed by atoms with van der Waals surface area (Å²) in [5, 5.41) is 15.3. The molecule has 1 aromatic carbocycles. The first kappa shape index (κ1) is 18.9. The lowest BCUT2D eigenvalue weighted by atomic mass is 10.2. The minimum Gasteiger partial charge on any atom is -0.326 e. The van der Waals surface area contributed by atoms with Crippen molar-refractivity contribution in [2.24, 2.45) is 0 Å². The molecule has 1 saturated heterocycles. The number of carbonyl (C=O) groups excluding carboxylic acids is 1. The zero-order valence-electron chi connectivity index (χ0n) is 17.1. The van der Waals surface area contributed by atoms with Crippen LogP contribution in [0.3, 0.4) is 0 Å². The number of aromatic nitrogens is 6. The Morgan fingerprint density at radius 1 is 1.00 bits per heavy atom. The van der Waals surface area contributed by atoms with E-state index in [4.69, 9.17) is 0 Å². The number of fused-ring (bicyclic) bond motifs is 1. The zero-order chi connectivity index (χ0) is 21.5. The number of rotatable bonds is 4. The fourth-order valence-corrected chi connectivity index (χ4v) is 4.91. The number of hydrogen-bond donors (Lipinski definition) is 0. The van der Waals surface area contributed by atoms with Crippen LogP contribution in [0.1, 0.15) is 35.3 Å². The lowest BCUT2D eigenvalue weighted by Gasteiger charge is -2.22. The summed E-state index contributed by atoms with van der Waals surface area (Å²) in [4.78, 5) is 21.1. The van der Waals surface area contributed by atoms with Gasteiger partial charge in [-0.05, 0) is 48.6 Å². The molecule has 5 heterocycles. The van der Waals surface area contributed by atoms with E-state index in [0.29, 0.717) is 12.4 Å². The second-order valence-electron chi connectivity index (χ2n) is 7.63. The molecule has 0 N–H and O–H groups in total. The van der Waals surface area contributed by atoms with E-state index in [-0.39, 0.29) is 17.8 Å². The summed E-state index contributed by atoms with van der Waals surface area (Å²) in [7, 11) is 0. The number of benzene rings is 1. The Hall–Kier alpha value is -3.85. The second-order valence-corrected chi connectivity index (χ2v) is 8.57. The molecule has 0 bridgehead atoms. The van der Waals surface area contributed by atoms with E-state index in [2.05, 4.69) is 20.3 Å². The molecule has 1 fully saturated rings. The third-order valence-electron chi connectivity index (χ3n) is 5.69. The van der Waals surface area contributed by atoms with Gasteiger partial charge in [0, 0.05) is 12.7 Å². The van der Waals surface area contributed by atoms with Gasteiger partial charge in [0.2, 0.25) is 5.82 Å². The van der Waals surface area contributed by atoms with Crippen LogP contribution in [-0.4, -0.2) is 46.7 Å². The van der Waals surface area contributed by atoms with Crippen LogP contribution in [0.25, 0.3) is 22.0 Å². The van der Waals surface area contributed by atoms with Gasteiger partial charge in [-0.15, -0.1) is 26.6 Å². The highest BCUT2D eigenvalue weighted by Crippen LogP contribution is 2.33. The third-order valence-corrected chi connectivity index (χ3v) is 6.56. The molecule has 1 amide bonds. The van der Waals surface area contributed by atoms with Crippen molar-refractivity contribution in [2.75, 3.05) is 6.54 Å². The molecule has 0 aliphatic carbocycles. The molecule has 0 saturated carbocycles. The largest absolute Gasteiger partial charge is 0.326 e. The van der Waals surface area contributed by atoms with Gasteiger partial charge in [-0.2, -0.15) is 0 Å². The molecule has 5 aromatic rings. The van der Waals surface area contributed by atoms with Crippen molar-refractivity contribution >= 4 is 22.9 Å². The van der Waals surface area contributed by atoms with E-state index >= 15 is 0 Å². The monoisotopic (exact) mass is 441 g/mol. The molecule has 0 radical (unpaired) electrons. The summed E-state index contributed by atoms with van der Waals surface area (Å²) >= 11 is 1.57. The van der Waals surface area contributed by atoms with Crippen molar-refractivity contribution in [3.05, 3.63) is 83.9 Å². The average Bonchev–Trinajstić information content (AvgIpc) is 3.63. The fourth-order valence-electron chi connectivity index (χ4n) is 4.21. The summed E-state index contributed by atoms with van der Waals surface area (Å²) in [6.45, 7) is 0.638. The quantitative estimate of drug-likeness (QED) is 0.421. The Kier molecular flexibility index (Phi) is 4.53. The van der Waals surface area contributed by atoms with Gasteiger partial charge in [-0.25, -0.2) is 9.67 Å². The second kappa shape index (κ2) is 7.69. The Morgan fingerprint density at radius 3 is 2.72 bits per heavy atom. The van der Waals surface area contributed by atoms with Crippen molar-refractivity contribution in [2.45, 2.75) is 18.9 Å². The molecular formula is C23H19N7OS. The first-order chi connectivity index (χ1) is 15.8. The maximum absolute atomic E-state index is 13.6. The standard InChI is InChI=1S/C23H19N7OS/c31-23(28-14-6-10-17(28)21-26-25-19-12-4-5-13-29(19)21)20-24-22(18-11-7-15-32-18)30(27-20)16-8-2-1-3-9-16/h1-5,7-9,11-13,15,17H,6,10,14H2/t17-/m0/s1. The molecule has 0 spiro atoms. The molecule has 6 rings (SSSR count). The number of likely N-dealkylation sites (tertiary alicyclic amines) is 1. The van der Waals surface area contributed by atoms with Crippen LogP contribution >= 0.6 is 11.3 Å². The first-order valence-corrected chi connectivity index (χ1v) is 11.3. The van der Waals surface area contributed by atoms with Crippen molar-refractivity contribution in [1.29, 1.82) is 0 Å². The van der Waals surface area contributed by atoms with E-state index in [0.717, 1.165) is 34.9 Å². The van der Waals surface area contributed by atoms with Gasteiger partial charge in [0.1, 0.15) is 0 Å². The molecule has 32 heavy (non-hydrogen) atoms. The highest BCUT2D eigenvalue weighted by Gasteiger charge is 2.36. The maximum Gasteiger partial charge on any atom is 0.294 e. The van der Waals surface area contributed by atoms with Crippen LogP contribution in [0.4, 0.5) is 0 Å². The summed E-state index contributed by atoms with van der Waals surface area (Å²) < 4.78 is 3.69. The van der Waals surface area contributed by atoms with E-state index in [1.165, 1.54) is 0 Å². The summed E-state index contributed by atoms with van der Waals surface area (Å²) in [5.74, 6) is 1.44. The van der Waals surface area contributed by atoms with Gasteiger partial charge in [0.05, 0.1) is 16.6 Å². The normalized spacial score (nSPS) is 16.1. The van der Waals surface area contributed by atoms with Crippen LogP contribution < -0.4 is 0 Å². The van der Waals surface area contributed by atoms with Crippen LogP contribution in [0.5, 0.6) is 0 Å². The molecule has 1 aliphatic heterocycles. The molecule has 0 unspecified atom stereocenters. The molecule has 9 heteroatoms. The lowest BCUT2D eigenvalue weighted by molar-refractivity contribution is 0.0717. The number of thiophene rings is 1. The number of hydrogen-bond acceptors (Lipinski definition) is 6. The first-order valence-electron chi connectivity index (χ1n) is 10.5. The molecule has 1 atom stereocenters. The van der Waals surface area contributed by atoms with Crippen molar-refractivity contribution in [3.8, 4) is 16.4 Å². The van der Waals surface area contributed by atoms with E-state index in [1.807, 2.05) is 81.5 Å². The van der Waals surface area contributed by atoms with Crippen molar-refractivity contribution in [3.63, 3.8) is 0 Å². The number of para-hydroxylation sites is 1. The molecule has 1 aliphatic rings. The lowest BCUT2D eigenvalue weighted by Crippen LogP contribution is -2.32. The van der Waals surface area contributed by atoms with E-state index < -0.39 is 0 Å². The zero-order valence-corrected chi connectivity index (χ0v) is 17.9. The van der Waals surface area contributed by atoms with Crippen molar-refractivity contribution in [1.82, 2.24) is 34.3 Å². The van der Waals surface area contributed by atoms with Gasteiger partial charge >= 0.3 is 0 Å². The summed E-state index contributed by atoms with van der Waals surface area (Å²) in [5.41, 5.74) is 1.64. The minimum atomic E-state index is -0.187. The topological polar surface area (TPSA) is 81.2 Å². The number of nitrogens with zero attached hydrogens (tertiary/aromatic N) is 7. The fraction of sp³-hybridized carbons (Fsp3) is 0.174. The predicted octanol–water partition coefficient (Wildman–Crippen LogP) is 4.02. The average molecular weight is 442 g/mol. The number of amides is 1. The Bertz CT molecular complexity index is 1390. The van der Waals surface area contributed by atoms with E-state index in [9.17, 15) is 4.79 Å². The smallest absolute Gasteiger partial charge is 0.294 e. The number of carbonyl (C=O) groups is 1. The van der Waals surface area contributed by atoms with Gasteiger partial charge in [-0.1, -0.05) is 30.3 Å². The van der Waals surface area contributed by atoms with Crippen LogP contribution in [0, 0.1) is 0 Å². The third kappa shape index (κ3) is 3.09. The van der Waals surface area contributed by atoms with Gasteiger partial charge in [0.25, 0.3) is 5.91 Å².